The van der Waals surface area contributed by atoms with Crippen molar-refractivity contribution < 1.29 is 9.53 Å². The monoisotopic (exact) mass is 301 g/mol. The van der Waals surface area contributed by atoms with Crippen molar-refractivity contribution >= 4 is 33.1 Å². The number of aromatic nitrogens is 2. The van der Waals surface area contributed by atoms with Crippen LogP contribution in [-0.4, -0.2) is 22.4 Å². The molecule has 2 N–H and O–H groups in total. The summed E-state index contributed by atoms with van der Waals surface area (Å²) in [5, 5.41) is 7.54. The first-order valence-electron chi connectivity index (χ1n) is 6.64. The van der Waals surface area contributed by atoms with Crippen LogP contribution in [0.5, 0.6) is 0 Å². The van der Waals surface area contributed by atoms with Crippen LogP contribution in [0.3, 0.4) is 0 Å². The molecule has 0 aliphatic carbocycles. The van der Waals surface area contributed by atoms with E-state index in [4.69, 9.17) is 10.5 Å². The summed E-state index contributed by atoms with van der Waals surface area (Å²) in [5.74, 6) is -0.482. The lowest BCUT2D eigenvalue weighted by molar-refractivity contribution is 0.0519. The number of benzene rings is 1. The molecular formula is C15H15N3O2S. The second-order valence-corrected chi connectivity index (χ2v) is 5.52. The van der Waals surface area contributed by atoms with Gasteiger partial charge >= 0.3 is 5.97 Å². The van der Waals surface area contributed by atoms with Gasteiger partial charge in [0, 0.05) is 10.9 Å². The molecule has 0 radical (unpaired) electrons. The van der Waals surface area contributed by atoms with E-state index in [2.05, 4.69) is 22.6 Å². The van der Waals surface area contributed by atoms with Crippen LogP contribution in [0.2, 0.25) is 0 Å². The number of nitrogen functional groups attached to an aromatic ring is 1. The van der Waals surface area contributed by atoms with E-state index in [1.54, 1.807) is 29.1 Å². The molecule has 0 saturated carbocycles. The first kappa shape index (κ1) is 13.6. The lowest BCUT2D eigenvalue weighted by Gasteiger charge is -2.00. The molecule has 0 aliphatic heterocycles. The van der Waals surface area contributed by atoms with Gasteiger partial charge in [0.1, 0.15) is 0 Å². The quantitative estimate of drug-likeness (QED) is 0.752. The molecule has 0 fully saturated rings. The SMILES string of the molecule is CCOC(=O)c1nn(Cc2csc3ccccc23)cc1N. The summed E-state index contributed by atoms with van der Waals surface area (Å²) in [4.78, 5) is 11.7. The fourth-order valence-corrected chi connectivity index (χ4v) is 3.16. The first-order chi connectivity index (χ1) is 10.2. The molecule has 3 aromatic rings. The number of rotatable bonds is 4. The maximum atomic E-state index is 11.7. The van der Waals surface area contributed by atoms with E-state index < -0.39 is 5.97 Å². The van der Waals surface area contributed by atoms with E-state index in [9.17, 15) is 4.79 Å². The summed E-state index contributed by atoms with van der Waals surface area (Å²) < 4.78 is 7.85. The Morgan fingerprint density at radius 3 is 3.05 bits per heavy atom. The molecule has 5 nitrogen and oxygen atoms in total. The van der Waals surface area contributed by atoms with E-state index in [0.717, 1.165) is 5.56 Å². The zero-order chi connectivity index (χ0) is 14.8. The van der Waals surface area contributed by atoms with E-state index in [-0.39, 0.29) is 5.69 Å². The zero-order valence-corrected chi connectivity index (χ0v) is 12.4. The molecule has 0 bridgehead atoms. The second-order valence-electron chi connectivity index (χ2n) is 4.61. The normalized spacial score (nSPS) is 10.9. The Bertz CT molecular complexity index is 791. The number of nitrogens with zero attached hydrogens (tertiary/aromatic N) is 2. The highest BCUT2D eigenvalue weighted by Crippen LogP contribution is 2.26. The van der Waals surface area contributed by atoms with Gasteiger partial charge in [-0.15, -0.1) is 11.3 Å². The minimum Gasteiger partial charge on any atom is -0.461 e. The van der Waals surface area contributed by atoms with Crippen molar-refractivity contribution in [3.63, 3.8) is 0 Å². The number of nitrogens with two attached hydrogens (primary N) is 1. The molecule has 6 heteroatoms. The molecule has 0 saturated heterocycles. The van der Waals surface area contributed by atoms with Crippen LogP contribution in [-0.2, 0) is 11.3 Å². The smallest absolute Gasteiger partial charge is 0.361 e. The van der Waals surface area contributed by atoms with Gasteiger partial charge in [-0.2, -0.15) is 5.10 Å². The second kappa shape index (κ2) is 5.57. The fourth-order valence-electron chi connectivity index (χ4n) is 2.21. The number of esters is 1. The van der Waals surface area contributed by atoms with Gasteiger partial charge in [0.2, 0.25) is 0 Å². The molecule has 2 aromatic heterocycles. The molecule has 0 aliphatic rings. The van der Waals surface area contributed by atoms with E-state index in [0.29, 0.717) is 18.8 Å². The lowest BCUT2D eigenvalue weighted by atomic mass is 10.2. The highest BCUT2D eigenvalue weighted by Gasteiger charge is 2.16. The molecule has 21 heavy (non-hydrogen) atoms. The molecular weight excluding hydrogens is 286 g/mol. The number of hydrogen-bond donors (Lipinski definition) is 1. The minimum absolute atomic E-state index is 0.177. The number of carbonyl (C=O) groups excluding carboxylic acids is 1. The van der Waals surface area contributed by atoms with Crippen LogP contribution in [0.4, 0.5) is 5.69 Å². The van der Waals surface area contributed by atoms with Gasteiger partial charge in [-0.1, -0.05) is 18.2 Å². The molecule has 108 valence electrons. The van der Waals surface area contributed by atoms with Crippen molar-refractivity contribution in [2.75, 3.05) is 12.3 Å². The maximum absolute atomic E-state index is 11.7. The third-order valence-electron chi connectivity index (χ3n) is 3.15. The predicted octanol–water partition coefficient (Wildman–Crippen LogP) is 2.91. The number of ether oxygens (including phenoxy) is 1. The Balaban J connectivity index is 1.88. The third kappa shape index (κ3) is 2.62. The number of hydrogen-bond acceptors (Lipinski definition) is 5. The van der Waals surface area contributed by atoms with Crippen molar-refractivity contribution in [2.45, 2.75) is 13.5 Å². The topological polar surface area (TPSA) is 70.1 Å². The van der Waals surface area contributed by atoms with Crippen molar-refractivity contribution in [1.82, 2.24) is 9.78 Å². The fraction of sp³-hybridized carbons (Fsp3) is 0.200. The summed E-state index contributed by atoms with van der Waals surface area (Å²) in [6, 6.07) is 8.21. The van der Waals surface area contributed by atoms with Crippen LogP contribution >= 0.6 is 11.3 Å². The number of thiophene rings is 1. The predicted molar refractivity (Wildman–Crippen MR) is 83.5 cm³/mol. The molecule has 1 aromatic carbocycles. The molecule has 3 rings (SSSR count). The minimum atomic E-state index is -0.482. The Morgan fingerprint density at radius 2 is 2.24 bits per heavy atom. The Kier molecular flexibility index (Phi) is 3.62. The first-order valence-corrected chi connectivity index (χ1v) is 7.52. The van der Waals surface area contributed by atoms with E-state index in [1.807, 2.05) is 12.1 Å². The van der Waals surface area contributed by atoms with Crippen molar-refractivity contribution in [2.24, 2.45) is 0 Å². The summed E-state index contributed by atoms with van der Waals surface area (Å²) in [6.07, 6.45) is 1.67. The van der Waals surface area contributed by atoms with Crippen molar-refractivity contribution in [3.05, 3.63) is 47.1 Å². The molecule has 0 atom stereocenters. The zero-order valence-electron chi connectivity index (χ0n) is 11.6. The summed E-state index contributed by atoms with van der Waals surface area (Å²) >= 11 is 1.69. The summed E-state index contributed by atoms with van der Waals surface area (Å²) in [6.45, 7) is 2.64. The molecule has 0 spiro atoms. The average molecular weight is 301 g/mol. The van der Waals surface area contributed by atoms with Gasteiger partial charge in [0.25, 0.3) is 0 Å². The van der Waals surface area contributed by atoms with Gasteiger partial charge in [0.05, 0.1) is 18.8 Å². The Hall–Kier alpha value is -2.34. The Morgan fingerprint density at radius 1 is 1.43 bits per heavy atom. The number of fused-ring (bicyclic) bond motifs is 1. The van der Waals surface area contributed by atoms with Crippen LogP contribution in [0.25, 0.3) is 10.1 Å². The standard InChI is InChI=1S/C15H15N3O2S/c1-2-20-15(19)14-12(16)8-18(17-14)7-10-9-21-13-6-4-3-5-11(10)13/h3-6,8-9H,2,7,16H2,1H3. The number of carbonyl (C=O) groups is 1. The van der Waals surface area contributed by atoms with Gasteiger partial charge in [-0.25, -0.2) is 4.79 Å². The van der Waals surface area contributed by atoms with Crippen LogP contribution in [0, 0.1) is 0 Å². The van der Waals surface area contributed by atoms with E-state index in [1.165, 1.54) is 10.1 Å². The van der Waals surface area contributed by atoms with Crippen molar-refractivity contribution in [3.8, 4) is 0 Å². The molecule has 2 heterocycles. The van der Waals surface area contributed by atoms with Crippen LogP contribution in [0.15, 0.2) is 35.8 Å². The van der Waals surface area contributed by atoms with Crippen molar-refractivity contribution in [1.29, 1.82) is 0 Å². The highest BCUT2D eigenvalue weighted by atomic mass is 32.1. The lowest BCUT2D eigenvalue weighted by Crippen LogP contribution is -2.09. The highest BCUT2D eigenvalue weighted by molar-refractivity contribution is 7.17. The molecule has 0 unspecified atom stereocenters. The van der Waals surface area contributed by atoms with Gasteiger partial charge in [0.15, 0.2) is 5.69 Å². The third-order valence-corrected chi connectivity index (χ3v) is 4.16. The summed E-state index contributed by atoms with van der Waals surface area (Å²) in [7, 11) is 0. The van der Waals surface area contributed by atoms with Gasteiger partial charge < -0.3 is 10.5 Å². The Labute approximate surface area is 125 Å². The van der Waals surface area contributed by atoms with Gasteiger partial charge in [-0.05, 0) is 29.3 Å². The maximum Gasteiger partial charge on any atom is 0.361 e. The largest absolute Gasteiger partial charge is 0.461 e. The van der Waals surface area contributed by atoms with Crippen LogP contribution < -0.4 is 5.73 Å². The average Bonchev–Trinajstić information content (AvgIpc) is 3.04. The number of anilines is 1. The van der Waals surface area contributed by atoms with Crippen LogP contribution in [0.1, 0.15) is 23.0 Å². The van der Waals surface area contributed by atoms with E-state index >= 15 is 0 Å². The molecule has 0 amide bonds. The summed E-state index contributed by atoms with van der Waals surface area (Å²) in [5.41, 5.74) is 7.51. The van der Waals surface area contributed by atoms with Gasteiger partial charge in [-0.3, -0.25) is 4.68 Å².